The Balaban J connectivity index is 3.10. The molecule has 0 heterocycles. The van der Waals surface area contributed by atoms with Gasteiger partial charge in [-0.1, -0.05) is 17.7 Å². The van der Waals surface area contributed by atoms with Gasteiger partial charge in [-0.15, -0.1) is 0 Å². The molecule has 0 aliphatic heterocycles. The molecule has 19 heavy (non-hydrogen) atoms. The molecule has 0 atom stereocenters. The monoisotopic (exact) mass is 292 g/mol. The molecule has 1 aromatic rings. The predicted octanol–water partition coefficient (Wildman–Crippen LogP) is 3.78. The van der Waals surface area contributed by atoms with Gasteiger partial charge in [-0.3, -0.25) is 0 Å². The fourth-order valence-electron chi connectivity index (χ4n) is 1.38. The van der Waals surface area contributed by atoms with Crippen molar-refractivity contribution >= 4 is 17.6 Å². The zero-order valence-corrected chi connectivity index (χ0v) is 11.6. The van der Waals surface area contributed by atoms with Crippen LogP contribution in [0.25, 0.3) is 0 Å². The van der Waals surface area contributed by atoms with Crippen molar-refractivity contribution < 1.29 is 23.0 Å². The lowest BCUT2D eigenvalue weighted by Crippen LogP contribution is -2.28. The number of ether oxygens (including phenoxy) is 2. The van der Waals surface area contributed by atoms with Crippen molar-refractivity contribution in [2.24, 2.45) is 0 Å². The molecule has 0 fully saturated rings. The number of esters is 1. The van der Waals surface area contributed by atoms with Gasteiger partial charge in [0.15, 0.2) is 0 Å². The summed E-state index contributed by atoms with van der Waals surface area (Å²) in [5.41, 5.74) is -0.508. The van der Waals surface area contributed by atoms with Crippen molar-refractivity contribution in [1.29, 1.82) is 0 Å². The second-order valence-electron chi connectivity index (χ2n) is 4.11. The molecule has 0 N–H and O–H groups in total. The molecule has 0 radical (unpaired) electrons. The predicted molar refractivity (Wildman–Crippen MR) is 67.7 cm³/mol. The molecule has 0 saturated carbocycles. The smallest absolute Gasteiger partial charge is 0.381 e. The van der Waals surface area contributed by atoms with Crippen LogP contribution < -0.4 is 4.74 Å². The first kappa shape index (κ1) is 15.7. The number of hydrogen-bond acceptors (Lipinski definition) is 3. The summed E-state index contributed by atoms with van der Waals surface area (Å²) in [4.78, 5) is 11.2. The molecule has 0 amide bonds. The maximum absolute atomic E-state index is 13.8. The Labute approximate surface area is 115 Å². The SMILES string of the molecule is CCOC(=O)C(F)(F)c1ccc(Cl)c(OC(C)C)c1. The lowest BCUT2D eigenvalue weighted by Gasteiger charge is -2.17. The third-order valence-electron chi connectivity index (χ3n) is 2.19. The van der Waals surface area contributed by atoms with Gasteiger partial charge in [0.1, 0.15) is 5.75 Å². The minimum absolute atomic E-state index is 0.109. The molecule has 0 bridgehead atoms. The van der Waals surface area contributed by atoms with Gasteiger partial charge in [0.25, 0.3) is 0 Å². The molecule has 0 aromatic heterocycles. The molecule has 106 valence electrons. The van der Waals surface area contributed by atoms with Gasteiger partial charge < -0.3 is 9.47 Å². The first-order valence-electron chi connectivity index (χ1n) is 5.80. The van der Waals surface area contributed by atoms with Crippen LogP contribution >= 0.6 is 11.6 Å². The van der Waals surface area contributed by atoms with Crippen molar-refractivity contribution in [3.63, 3.8) is 0 Å². The van der Waals surface area contributed by atoms with E-state index in [1.165, 1.54) is 13.0 Å². The molecule has 0 saturated heterocycles. The number of hydrogen-bond donors (Lipinski definition) is 0. The van der Waals surface area contributed by atoms with Gasteiger partial charge in [-0.05, 0) is 32.9 Å². The highest BCUT2D eigenvalue weighted by atomic mass is 35.5. The topological polar surface area (TPSA) is 35.5 Å². The molecule has 6 heteroatoms. The van der Waals surface area contributed by atoms with E-state index in [0.29, 0.717) is 0 Å². The standard InChI is InChI=1S/C13H15ClF2O3/c1-4-18-12(17)13(15,16)9-5-6-10(14)11(7-9)19-8(2)3/h5-8H,4H2,1-3H3. The molecule has 0 spiro atoms. The van der Waals surface area contributed by atoms with Crippen molar-refractivity contribution in [2.45, 2.75) is 32.8 Å². The molecule has 1 aromatic carbocycles. The van der Waals surface area contributed by atoms with Crippen molar-refractivity contribution in [3.05, 3.63) is 28.8 Å². The summed E-state index contributed by atoms with van der Waals surface area (Å²) in [5, 5.41) is 0.206. The number of carbonyl (C=O) groups excluding carboxylic acids is 1. The number of carbonyl (C=O) groups is 1. The van der Waals surface area contributed by atoms with E-state index in [4.69, 9.17) is 16.3 Å². The van der Waals surface area contributed by atoms with Crippen LogP contribution in [0.15, 0.2) is 18.2 Å². The number of rotatable bonds is 5. The third kappa shape index (κ3) is 3.80. The average Bonchev–Trinajstić information content (AvgIpc) is 2.31. The van der Waals surface area contributed by atoms with Crippen molar-refractivity contribution in [3.8, 4) is 5.75 Å². The fourth-order valence-corrected chi connectivity index (χ4v) is 1.54. The molecular weight excluding hydrogens is 278 g/mol. The van der Waals surface area contributed by atoms with Crippen LogP contribution in [0.1, 0.15) is 26.3 Å². The molecule has 1 rings (SSSR count). The Hall–Kier alpha value is -1.36. The van der Waals surface area contributed by atoms with Crippen LogP contribution in [-0.4, -0.2) is 18.7 Å². The summed E-state index contributed by atoms with van der Waals surface area (Å²) in [6.45, 7) is 4.83. The second kappa shape index (κ2) is 6.19. The Bertz CT molecular complexity index is 461. The quantitative estimate of drug-likeness (QED) is 0.775. The average molecular weight is 293 g/mol. The number of alkyl halides is 2. The molecule has 3 nitrogen and oxygen atoms in total. The molecular formula is C13H15ClF2O3. The normalized spacial score (nSPS) is 11.5. The second-order valence-corrected chi connectivity index (χ2v) is 4.51. The molecule has 0 unspecified atom stereocenters. The van der Waals surface area contributed by atoms with Gasteiger partial charge in [0.05, 0.1) is 17.7 Å². The van der Waals surface area contributed by atoms with E-state index >= 15 is 0 Å². The van der Waals surface area contributed by atoms with E-state index in [1.807, 2.05) is 0 Å². The van der Waals surface area contributed by atoms with Crippen molar-refractivity contribution in [1.82, 2.24) is 0 Å². The summed E-state index contributed by atoms with van der Waals surface area (Å²) in [7, 11) is 0. The van der Waals surface area contributed by atoms with E-state index < -0.39 is 17.5 Å². The molecule has 0 aliphatic carbocycles. The zero-order chi connectivity index (χ0) is 14.6. The highest BCUT2D eigenvalue weighted by Gasteiger charge is 2.43. The van der Waals surface area contributed by atoms with Crippen LogP contribution in [0.3, 0.4) is 0 Å². The van der Waals surface area contributed by atoms with Gasteiger partial charge >= 0.3 is 11.9 Å². The summed E-state index contributed by atoms with van der Waals surface area (Å²) in [6.07, 6.45) is -0.219. The largest absolute Gasteiger partial charge is 0.489 e. The Morgan fingerprint density at radius 3 is 2.58 bits per heavy atom. The van der Waals surface area contributed by atoms with Gasteiger partial charge in [0, 0.05) is 5.56 Å². The minimum atomic E-state index is -3.73. The van der Waals surface area contributed by atoms with Crippen LogP contribution in [-0.2, 0) is 15.5 Å². The van der Waals surface area contributed by atoms with Crippen LogP contribution in [0, 0.1) is 0 Å². The third-order valence-corrected chi connectivity index (χ3v) is 2.50. The Morgan fingerprint density at radius 2 is 2.05 bits per heavy atom. The highest BCUT2D eigenvalue weighted by Crippen LogP contribution is 2.35. The lowest BCUT2D eigenvalue weighted by atomic mass is 10.1. The first-order valence-corrected chi connectivity index (χ1v) is 6.18. The van der Waals surface area contributed by atoms with E-state index in [2.05, 4.69) is 4.74 Å². The van der Waals surface area contributed by atoms with Crippen LogP contribution in [0.5, 0.6) is 5.75 Å². The maximum atomic E-state index is 13.8. The summed E-state index contributed by atoms with van der Waals surface area (Å²) in [5.74, 6) is -5.21. The highest BCUT2D eigenvalue weighted by molar-refractivity contribution is 6.32. The van der Waals surface area contributed by atoms with E-state index in [1.54, 1.807) is 13.8 Å². The van der Waals surface area contributed by atoms with E-state index in [9.17, 15) is 13.6 Å². The summed E-state index contributed by atoms with van der Waals surface area (Å²) >= 11 is 5.85. The van der Waals surface area contributed by atoms with E-state index in [0.717, 1.165) is 12.1 Å². The zero-order valence-electron chi connectivity index (χ0n) is 10.9. The van der Waals surface area contributed by atoms with Crippen molar-refractivity contribution in [2.75, 3.05) is 6.61 Å². The lowest BCUT2D eigenvalue weighted by molar-refractivity contribution is -0.173. The van der Waals surface area contributed by atoms with Gasteiger partial charge in [-0.2, -0.15) is 8.78 Å². The minimum Gasteiger partial charge on any atom is -0.489 e. The van der Waals surface area contributed by atoms with Gasteiger partial charge in [0.2, 0.25) is 0 Å². The maximum Gasteiger partial charge on any atom is 0.381 e. The number of halogens is 3. The Kier molecular flexibility index (Phi) is 5.11. The molecule has 0 aliphatic rings. The Morgan fingerprint density at radius 1 is 1.42 bits per heavy atom. The fraction of sp³-hybridized carbons (Fsp3) is 0.462. The van der Waals surface area contributed by atoms with E-state index in [-0.39, 0.29) is 23.5 Å². The summed E-state index contributed by atoms with van der Waals surface area (Å²) in [6, 6.07) is 3.40. The van der Waals surface area contributed by atoms with Gasteiger partial charge in [-0.25, -0.2) is 4.79 Å². The van der Waals surface area contributed by atoms with Crippen LogP contribution in [0.2, 0.25) is 5.02 Å². The summed E-state index contributed by atoms with van der Waals surface area (Å²) < 4.78 is 37.3. The first-order chi connectivity index (χ1) is 8.78. The van der Waals surface area contributed by atoms with Crippen LogP contribution in [0.4, 0.5) is 8.78 Å². The number of benzene rings is 1.